The third-order valence-electron chi connectivity index (χ3n) is 4.35. The van der Waals surface area contributed by atoms with E-state index in [0.717, 1.165) is 28.0 Å². The van der Waals surface area contributed by atoms with Crippen molar-refractivity contribution in [2.75, 3.05) is 11.6 Å². The minimum Gasteiger partial charge on any atom is -0.473 e. The van der Waals surface area contributed by atoms with Crippen molar-refractivity contribution in [3.05, 3.63) is 51.1 Å². The smallest absolute Gasteiger partial charge is 0.339 e. The fourth-order valence-corrected chi connectivity index (χ4v) is 2.86. The Balaban J connectivity index is 1.87. The van der Waals surface area contributed by atoms with Crippen LogP contribution in [0.15, 0.2) is 31.9 Å². The van der Waals surface area contributed by atoms with Gasteiger partial charge in [0.1, 0.15) is 17.1 Å². The molecule has 1 aliphatic rings. The Morgan fingerprint density at radius 1 is 1.17 bits per heavy atom. The number of anilines is 1. The monoisotopic (exact) mass is 312 g/mol. The molecule has 2 aromatic heterocycles. The van der Waals surface area contributed by atoms with E-state index < -0.39 is 0 Å². The molecule has 0 radical (unpaired) electrons. The quantitative estimate of drug-likeness (QED) is 0.643. The van der Waals surface area contributed by atoms with Crippen LogP contribution in [-0.2, 0) is 6.54 Å². The Kier molecular flexibility index (Phi) is 2.94. The topological polar surface area (TPSA) is 68.7 Å². The molecular weight excluding hydrogens is 296 g/mol. The van der Waals surface area contributed by atoms with E-state index in [0.29, 0.717) is 30.2 Å². The molecule has 0 saturated carbocycles. The van der Waals surface area contributed by atoms with Crippen LogP contribution in [0, 0.1) is 20.8 Å². The molecule has 0 atom stereocenters. The van der Waals surface area contributed by atoms with E-state index in [9.17, 15) is 4.79 Å². The Bertz CT molecular complexity index is 971. The van der Waals surface area contributed by atoms with Gasteiger partial charge in [-0.25, -0.2) is 4.79 Å². The first-order valence-electron chi connectivity index (χ1n) is 7.41. The summed E-state index contributed by atoms with van der Waals surface area (Å²) >= 11 is 0. The van der Waals surface area contributed by atoms with Crippen LogP contribution in [0.3, 0.4) is 0 Å². The number of fused-ring (bicyclic) bond motifs is 3. The zero-order chi connectivity index (χ0) is 16.1. The van der Waals surface area contributed by atoms with Crippen molar-refractivity contribution in [2.45, 2.75) is 27.3 Å². The van der Waals surface area contributed by atoms with Crippen molar-refractivity contribution in [2.24, 2.45) is 0 Å². The molecule has 0 N–H and O–H groups in total. The molecule has 0 saturated heterocycles. The van der Waals surface area contributed by atoms with Crippen LogP contribution in [0.25, 0.3) is 11.0 Å². The number of benzene rings is 1. The van der Waals surface area contributed by atoms with Crippen LogP contribution < -0.4 is 15.3 Å². The summed E-state index contributed by atoms with van der Waals surface area (Å²) in [5, 5.41) is 4.95. The van der Waals surface area contributed by atoms with Crippen molar-refractivity contribution < 1.29 is 13.7 Å². The Labute approximate surface area is 132 Å². The van der Waals surface area contributed by atoms with Gasteiger partial charge in [0.25, 0.3) is 0 Å². The SMILES string of the molecule is Cc1cc(N2COc3ccc4c(C)c(C)c(=O)oc4c3C2)no1. The average Bonchev–Trinajstić information content (AvgIpc) is 2.98. The van der Waals surface area contributed by atoms with E-state index in [1.54, 1.807) is 6.92 Å². The molecule has 0 spiro atoms. The molecule has 3 heterocycles. The molecule has 4 rings (SSSR count). The van der Waals surface area contributed by atoms with Gasteiger partial charge >= 0.3 is 5.63 Å². The highest BCUT2D eigenvalue weighted by atomic mass is 16.5. The van der Waals surface area contributed by atoms with E-state index in [4.69, 9.17) is 13.7 Å². The van der Waals surface area contributed by atoms with Crippen LogP contribution in [0.5, 0.6) is 5.75 Å². The van der Waals surface area contributed by atoms with E-state index in [2.05, 4.69) is 5.16 Å². The van der Waals surface area contributed by atoms with E-state index in [1.807, 2.05) is 36.9 Å². The van der Waals surface area contributed by atoms with Gasteiger partial charge in [-0.05, 0) is 38.5 Å². The number of nitrogens with zero attached hydrogens (tertiary/aromatic N) is 2. The maximum atomic E-state index is 12.0. The first-order valence-corrected chi connectivity index (χ1v) is 7.41. The second-order valence-corrected chi connectivity index (χ2v) is 5.83. The predicted molar refractivity (Wildman–Crippen MR) is 84.9 cm³/mol. The van der Waals surface area contributed by atoms with Crippen molar-refractivity contribution in [1.29, 1.82) is 0 Å². The van der Waals surface area contributed by atoms with E-state index in [-0.39, 0.29) is 5.63 Å². The van der Waals surface area contributed by atoms with Gasteiger partial charge in [-0.3, -0.25) is 0 Å². The van der Waals surface area contributed by atoms with Crippen molar-refractivity contribution in [3.63, 3.8) is 0 Å². The maximum Gasteiger partial charge on any atom is 0.339 e. The summed E-state index contributed by atoms with van der Waals surface area (Å²) in [7, 11) is 0. The summed E-state index contributed by atoms with van der Waals surface area (Å²) in [4.78, 5) is 14.0. The predicted octanol–water partition coefficient (Wildman–Crippen LogP) is 3.06. The second-order valence-electron chi connectivity index (χ2n) is 5.83. The summed E-state index contributed by atoms with van der Waals surface area (Å²) in [5.41, 5.74) is 2.71. The molecule has 0 fully saturated rings. The van der Waals surface area contributed by atoms with Gasteiger partial charge in [-0.2, -0.15) is 0 Å². The number of hydrogen-bond donors (Lipinski definition) is 0. The highest BCUT2D eigenvalue weighted by Crippen LogP contribution is 2.34. The molecule has 23 heavy (non-hydrogen) atoms. The molecule has 0 unspecified atom stereocenters. The minimum atomic E-state index is -0.308. The van der Waals surface area contributed by atoms with Crippen LogP contribution in [0.1, 0.15) is 22.5 Å². The second kappa shape index (κ2) is 4.87. The van der Waals surface area contributed by atoms with Gasteiger partial charge in [0.05, 0.1) is 12.1 Å². The van der Waals surface area contributed by atoms with Gasteiger partial charge in [0.15, 0.2) is 12.5 Å². The summed E-state index contributed by atoms with van der Waals surface area (Å²) < 4.78 is 16.5. The van der Waals surface area contributed by atoms with Gasteiger partial charge < -0.3 is 18.6 Å². The summed E-state index contributed by atoms with van der Waals surface area (Å²) in [6.45, 7) is 6.48. The van der Waals surface area contributed by atoms with Gasteiger partial charge in [0.2, 0.25) is 0 Å². The average molecular weight is 312 g/mol. The molecule has 0 aliphatic carbocycles. The number of ether oxygens (including phenoxy) is 1. The molecule has 0 amide bonds. The van der Waals surface area contributed by atoms with Crippen molar-refractivity contribution in [3.8, 4) is 5.75 Å². The van der Waals surface area contributed by atoms with Gasteiger partial charge in [-0.1, -0.05) is 5.16 Å². The molecule has 118 valence electrons. The van der Waals surface area contributed by atoms with Crippen molar-refractivity contribution >= 4 is 16.8 Å². The number of hydrogen-bond acceptors (Lipinski definition) is 6. The van der Waals surface area contributed by atoms with E-state index >= 15 is 0 Å². The number of aryl methyl sites for hydroxylation is 2. The largest absolute Gasteiger partial charge is 0.473 e. The summed E-state index contributed by atoms with van der Waals surface area (Å²) in [5.74, 6) is 2.18. The Morgan fingerprint density at radius 3 is 2.74 bits per heavy atom. The van der Waals surface area contributed by atoms with Crippen molar-refractivity contribution in [1.82, 2.24) is 5.16 Å². The molecule has 0 bridgehead atoms. The molecule has 1 aromatic carbocycles. The minimum absolute atomic E-state index is 0.308. The third kappa shape index (κ3) is 2.10. The lowest BCUT2D eigenvalue weighted by atomic mass is 10.0. The lowest BCUT2D eigenvalue weighted by molar-refractivity contribution is 0.284. The standard InChI is InChI=1S/C17H16N2O4/c1-9-6-15(18-23-9)19-7-13-14(21-8-19)5-4-12-10(2)11(3)17(20)22-16(12)13/h4-6H,7-8H2,1-3H3. The molecule has 3 aromatic rings. The van der Waals surface area contributed by atoms with Crippen LogP contribution in [0.2, 0.25) is 0 Å². The molecule has 6 nitrogen and oxygen atoms in total. The lowest BCUT2D eigenvalue weighted by Crippen LogP contribution is -2.32. The molecular formula is C17H16N2O4. The Morgan fingerprint density at radius 2 is 2.00 bits per heavy atom. The highest BCUT2D eigenvalue weighted by Gasteiger charge is 2.24. The van der Waals surface area contributed by atoms with Crippen LogP contribution in [-0.4, -0.2) is 11.9 Å². The zero-order valence-corrected chi connectivity index (χ0v) is 13.2. The molecule has 1 aliphatic heterocycles. The first kappa shape index (κ1) is 13.9. The number of rotatable bonds is 1. The highest BCUT2D eigenvalue weighted by molar-refractivity contribution is 5.86. The van der Waals surface area contributed by atoms with Gasteiger partial charge in [-0.15, -0.1) is 0 Å². The summed E-state index contributed by atoms with van der Waals surface area (Å²) in [6, 6.07) is 5.72. The lowest BCUT2D eigenvalue weighted by Gasteiger charge is -2.29. The van der Waals surface area contributed by atoms with Gasteiger partial charge in [0, 0.05) is 17.0 Å². The fraction of sp³-hybridized carbons (Fsp3) is 0.294. The molecule has 6 heteroatoms. The van der Waals surface area contributed by atoms with Crippen LogP contribution in [0.4, 0.5) is 5.82 Å². The number of aromatic nitrogens is 1. The normalized spacial score (nSPS) is 14.0. The maximum absolute atomic E-state index is 12.0. The fourth-order valence-electron chi connectivity index (χ4n) is 2.86. The first-order chi connectivity index (χ1) is 11.0. The zero-order valence-electron chi connectivity index (χ0n) is 13.2. The Hall–Kier alpha value is -2.76. The summed E-state index contributed by atoms with van der Waals surface area (Å²) in [6.07, 6.45) is 0. The van der Waals surface area contributed by atoms with E-state index in [1.165, 1.54) is 0 Å². The van der Waals surface area contributed by atoms with Crippen LogP contribution >= 0.6 is 0 Å². The third-order valence-corrected chi connectivity index (χ3v) is 4.35.